The topological polar surface area (TPSA) is 76.1 Å². The van der Waals surface area contributed by atoms with Gasteiger partial charge >= 0.3 is 0 Å². The van der Waals surface area contributed by atoms with Crippen LogP contribution in [0.3, 0.4) is 0 Å². The van der Waals surface area contributed by atoms with Crippen molar-refractivity contribution in [3.8, 4) is 0 Å². The lowest BCUT2D eigenvalue weighted by atomic mass is 10.2. The van der Waals surface area contributed by atoms with Crippen molar-refractivity contribution >= 4 is 43.3 Å². The Bertz CT molecular complexity index is 578. The average Bonchev–Trinajstić information content (AvgIpc) is 2.52. The molecule has 1 aliphatic heterocycles. The van der Waals surface area contributed by atoms with Crippen LogP contribution in [0.4, 0.5) is 0 Å². The van der Waals surface area contributed by atoms with Crippen molar-refractivity contribution in [2.75, 3.05) is 11.5 Å². The number of halogens is 2. The number of sulfone groups is 1. The van der Waals surface area contributed by atoms with E-state index in [-0.39, 0.29) is 17.2 Å². The number of pyridine rings is 1. The van der Waals surface area contributed by atoms with Crippen LogP contribution in [0.15, 0.2) is 22.8 Å². The van der Waals surface area contributed by atoms with E-state index in [4.69, 9.17) is 11.6 Å². The first kappa shape index (κ1) is 13.8. The van der Waals surface area contributed by atoms with Crippen LogP contribution >= 0.6 is 27.5 Å². The summed E-state index contributed by atoms with van der Waals surface area (Å²) in [7, 11) is -3.16. The van der Waals surface area contributed by atoms with Gasteiger partial charge in [-0.05, 0) is 28.1 Å². The summed E-state index contributed by atoms with van der Waals surface area (Å²) in [6.45, 7) is 0. The maximum atomic E-state index is 11.9. The number of hydrogen-bond donors (Lipinski definition) is 1. The van der Waals surface area contributed by atoms with E-state index in [0.717, 1.165) is 0 Å². The fourth-order valence-corrected chi connectivity index (χ4v) is 4.71. The highest BCUT2D eigenvalue weighted by atomic mass is 79.9. The number of aromatic nitrogens is 1. The van der Waals surface area contributed by atoms with Gasteiger partial charge in [0.1, 0.15) is 5.69 Å². The summed E-state index contributed by atoms with van der Waals surface area (Å²) >= 11 is 9.12. The van der Waals surface area contributed by atoms with E-state index in [1.165, 1.54) is 6.20 Å². The summed E-state index contributed by atoms with van der Waals surface area (Å²) in [4.78, 5) is 15.9. The van der Waals surface area contributed by atoms with Gasteiger partial charge in [0.25, 0.3) is 5.91 Å². The number of alkyl halides is 1. The van der Waals surface area contributed by atoms with Crippen molar-refractivity contribution in [2.24, 2.45) is 0 Å². The van der Waals surface area contributed by atoms with Gasteiger partial charge in [0, 0.05) is 10.7 Å². The smallest absolute Gasteiger partial charge is 0.271 e. The number of carbonyl (C=O) groups excluding carboxylic acids is 1. The zero-order valence-electron chi connectivity index (χ0n) is 9.14. The third-order valence-electron chi connectivity index (χ3n) is 2.57. The largest absolute Gasteiger partial charge is 0.345 e. The van der Waals surface area contributed by atoms with Crippen LogP contribution in [-0.2, 0) is 9.84 Å². The van der Waals surface area contributed by atoms with Crippen LogP contribution in [0, 0.1) is 0 Å². The molecule has 18 heavy (non-hydrogen) atoms. The third kappa shape index (κ3) is 3.02. The molecule has 8 heteroatoms. The van der Waals surface area contributed by atoms with E-state index in [0.29, 0.717) is 4.47 Å². The molecular weight excluding hydrogens is 344 g/mol. The SMILES string of the molecule is O=C(NC1CS(=O)(=O)CC1Cl)c1ncccc1Br. The molecule has 98 valence electrons. The Hall–Kier alpha value is -0.660. The van der Waals surface area contributed by atoms with Gasteiger partial charge < -0.3 is 5.32 Å². The van der Waals surface area contributed by atoms with Crippen LogP contribution in [0.2, 0.25) is 0 Å². The van der Waals surface area contributed by atoms with Crippen molar-refractivity contribution in [2.45, 2.75) is 11.4 Å². The summed E-state index contributed by atoms with van der Waals surface area (Å²) in [5.41, 5.74) is 0.214. The summed E-state index contributed by atoms with van der Waals surface area (Å²) in [6.07, 6.45) is 1.49. The van der Waals surface area contributed by atoms with Gasteiger partial charge in [0.05, 0.1) is 22.9 Å². The van der Waals surface area contributed by atoms with Crippen molar-refractivity contribution < 1.29 is 13.2 Å². The molecule has 1 aliphatic rings. The molecule has 1 aromatic rings. The minimum atomic E-state index is -3.16. The van der Waals surface area contributed by atoms with Gasteiger partial charge in [-0.3, -0.25) is 4.79 Å². The lowest BCUT2D eigenvalue weighted by Crippen LogP contribution is -2.41. The highest BCUT2D eigenvalue weighted by Gasteiger charge is 2.37. The average molecular weight is 354 g/mol. The molecule has 2 heterocycles. The number of hydrogen-bond acceptors (Lipinski definition) is 4. The molecule has 1 fully saturated rings. The van der Waals surface area contributed by atoms with Gasteiger partial charge in [0.15, 0.2) is 9.84 Å². The van der Waals surface area contributed by atoms with Crippen molar-refractivity contribution in [3.05, 3.63) is 28.5 Å². The van der Waals surface area contributed by atoms with Crippen LogP contribution in [-0.4, -0.2) is 42.2 Å². The molecule has 1 saturated heterocycles. The number of amides is 1. The lowest BCUT2D eigenvalue weighted by Gasteiger charge is -2.14. The zero-order chi connectivity index (χ0) is 13.3. The first-order valence-corrected chi connectivity index (χ1v) is 8.20. The van der Waals surface area contributed by atoms with Crippen molar-refractivity contribution in [3.63, 3.8) is 0 Å². The number of nitrogens with one attached hydrogen (secondary N) is 1. The first-order valence-electron chi connectivity index (χ1n) is 5.15. The van der Waals surface area contributed by atoms with Crippen LogP contribution in [0.1, 0.15) is 10.5 Å². The van der Waals surface area contributed by atoms with Crippen molar-refractivity contribution in [1.82, 2.24) is 10.3 Å². The molecule has 0 aliphatic carbocycles. The van der Waals surface area contributed by atoms with Gasteiger partial charge in [0.2, 0.25) is 0 Å². The van der Waals surface area contributed by atoms with E-state index in [2.05, 4.69) is 26.2 Å². The van der Waals surface area contributed by atoms with Crippen LogP contribution in [0.25, 0.3) is 0 Å². The highest BCUT2D eigenvalue weighted by Crippen LogP contribution is 2.19. The fraction of sp³-hybridized carbons (Fsp3) is 0.400. The van der Waals surface area contributed by atoms with Gasteiger partial charge in [-0.15, -0.1) is 11.6 Å². The van der Waals surface area contributed by atoms with E-state index in [1.54, 1.807) is 12.1 Å². The maximum Gasteiger partial charge on any atom is 0.271 e. The summed E-state index contributed by atoms with van der Waals surface area (Å²) in [5, 5.41) is 2.00. The molecule has 0 bridgehead atoms. The zero-order valence-corrected chi connectivity index (χ0v) is 12.3. The normalized spacial score (nSPS) is 25.9. The monoisotopic (exact) mass is 352 g/mol. The predicted octanol–water partition coefficient (Wildman–Crippen LogP) is 0.978. The fourth-order valence-electron chi connectivity index (χ4n) is 1.73. The Morgan fingerprint density at radius 2 is 2.22 bits per heavy atom. The van der Waals surface area contributed by atoms with E-state index >= 15 is 0 Å². The molecule has 2 rings (SSSR count). The number of nitrogens with zero attached hydrogens (tertiary/aromatic N) is 1. The molecule has 1 N–H and O–H groups in total. The quantitative estimate of drug-likeness (QED) is 0.804. The van der Waals surface area contributed by atoms with E-state index in [1.807, 2.05) is 0 Å². The van der Waals surface area contributed by atoms with Crippen molar-refractivity contribution in [1.29, 1.82) is 0 Å². The molecule has 0 saturated carbocycles. The van der Waals surface area contributed by atoms with Gasteiger partial charge in [-0.2, -0.15) is 0 Å². The highest BCUT2D eigenvalue weighted by molar-refractivity contribution is 9.10. The summed E-state index contributed by atoms with van der Waals surface area (Å²) in [6, 6.07) is 2.80. The predicted molar refractivity (Wildman–Crippen MR) is 71.5 cm³/mol. The molecule has 2 unspecified atom stereocenters. The summed E-state index contributed by atoms with van der Waals surface area (Å²) < 4.78 is 23.3. The first-order chi connectivity index (χ1) is 8.39. The van der Waals surface area contributed by atoms with E-state index < -0.39 is 27.2 Å². The Kier molecular flexibility index (Phi) is 3.93. The van der Waals surface area contributed by atoms with E-state index in [9.17, 15) is 13.2 Å². The van der Waals surface area contributed by atoms with Crippen LogP contribution in [0.5, 0.6) is 0 Å². The molecule has 1 aromatic heterocycles. The second-order valence-corrected chi connectivity index (χ2v) is 7.58. The molecule has 1 amide bonds. The molecule has 5 nitrogen and oxygen atoms in total. The Labute approximate surface area is 118 Å². The second kappa shape index (κ2) is 5.14. The van der Waals surface area contributed by atoms with Gasteiger partial charge in [-0.25, -0.2) is 13.4 Å². The summed E-state index contributed by atoms with van der Waals surface area (Å²) in [5.74, 6) is -0.671. The molecule has 0 spiro atoms. The Morgan fingerprint density at radius 1 is 1.50 bits per heavy atom. The van der Waals surface area contributed by atoms with Gasteiger partial charge in [-0.1, -0.05) is 0 Å². The minimum absolute atomic E-state index is 0.108. The lowest BCUT2D eigenvalue weighted by molar-refractivity contribution is 0.0935. The molecule has 0 aromatic carbocycles. The third-order valence-corrected chi connectivity index (χ3v) is 5.59. The number of carbonyl (C=O) groups is 1. The minimum Gasteiger partial charge on any atom is -0.345 e. The molecule has 2 atom stereocenters. The molecule has 0 radical (unpaired) electrons. The standard InChI is InChI=1S/C10H10BrClN2O3S/c11-6-2-1-3-13-9(6)10(15)14-8-5-18(16,17)4-7(8)12/h1-3,7-8H,4-5H2,(H,14,15). The maximum absolute atomic E-state index is 11.9. The Balaban J connectivity index is 2.12. The number of rotatable bonds is 2. The second-order valence-electron chi connectivity index (χ2n) is 4.01. The Morgan fingerprint density at radius 3 is 2.78 bits per heavy atom. The molecular formula is C10H10BrClN2O3S. The van der Waals surface area contributed by atoms with Crippen LogP contribution < -0.4 is 5.32 Å².